The van der Waals surface area contributed by atoms with Crippen LogP contribution >= 0.6 is 0 Å². The first-order chi connectivity index (χ1) is 6.68. The molecule has 74 valence electrons. The summed E-state index contributed by atoms with van der Waals surface area (Å²) in [4.78, 5) is 0. The van der Waals surface area contributed by atoms with Crippen molar-refractivity contribution in [2.45, 2.75) is 25.9 Å². The molecule has 0 radical (unpaired) electrons. The molecule has 1 nitrogen and oxygen atoms in total. The Labute approximate surface area is 85.4 Å². The molecule has 1 aliphatic heterocycles. The smallest absolute Gasteiger partial charge is 0.0839 e. The van der Waals surface area contributed by atoms with Crippen LogP contribution in [0.1, 0.15) is 25.8 Å². The van der Waals surface area contributed by atoms with E-state index in [-0.39, 0.29) is 5.60 Å². The molecule has 0 aliphatic carbocycles. The zero-order valence-electron chi connectivity index (χ0n) is 8.79. The summed E-state index contributed by atoms with van der Waals surface area (Å²) in [5.74, 6) is 0. The zero-order chi connectivity index (χ0) is 10.0. The molecule has 1 aromatic rings. The third-order valence-corrected chi connectivity index (χ3v) is 2.75. The van der Waals surface area contributed by atoms with Crippen LogP contribution in [0.15, 0.2) is 35.9 Å². The van der Waals surface area contributed by atoms with E-state index in [0.29, 0.717) is 0 Å². The molecule has 0 spiro atoms. The lowest BCUT2D eigenvalue weighted by atomic mass is 9.96. The maximum atomic E-state index is 5.66. The Morgan fingerprint density at radius 1 is 1.21 bits per heavy atom. The van der Waals surface area contributed by atoms with E-state index < -0.39 is 0 Å². The summed E-state index contributed by atoms with van der Waals surface area (Å²) in [6.45, 7) is 5.12. The average Bonchev–Trinajstić information content (AvgIpc) is 2.48. The summed E-state index contributed by atoms with van der Waals surface area (Å²) < 4.78 is 5.66. The monoisotopic (exact) mass is 188 g/mol. The van der Waals surface area contributed by atoms with Crippen LogP contribution in [0.3, 0.4) is 0 Å². The summed E-state index contributed by atoms with van der Waals surface area (Å²) in [6.07, 6.45) is 3.30. The van der Waals surface area contributed by atoms with Crippen molar-refractivity contribution < 1.29 is 4.74 Å². The Kier molecular flexibility index (Phi) is 2.42. The molecule has 0 atom stereocenters. The van der Waals surface area contributed by atoms with Gasteiger partial charge in [0.25, 0.3) is 0 Å². The van der Waals surface area contributed by atoms with Gasteiger partial charge in [-0.15, -0.1) is 0 Å². The highest BCUT2D eigenvalue weighted by molar-refractivity contribution is 5.55. The van der Waals surface area contributed by atoms with Gasteiger partial charge in [0.15, 0.2) is 0 Å². The number of rotatable bonds is 1. The fraction of sp³-hybridized carbons (Fsp3) is 0.385. The van der Waals surface area contributed by atoms with Crippen LogP contribution in [0.5, 0.6) is 0 Å². The molecule has 0 aromatic heterocycles. The number of hydrogen-bond acceptors (Lipinski definition) is 1. The Hall–Kier alpha value is -1.08. The third kappa shape index (κ3) is 1.88. The average molecular weight is 188 g/mol. The van der Waals surface area contributed by atoms with E-state index >= 15 is 0 Å². The fourth-order valence-electron chi connectivity index (χ4n) is 1.81. The van der Waals surface area contributed by atoms with E-state index in [1.54, 1.807) is 0 Å². The normalized spacial score (nSPS) is 22.9. The van der Waals surface area contributed by atoms with Crippen molar-refractivity contribution in [3.8, 4) is 0 Å². The first-order valence-electron chi connectivity index (χ1n) is 5.08. The first-order valence-corrected chi connectivity index (χ1v) is 5.08. The van der Waals surface area contributed by atoms with Gasteiger partial charge in [-0.2, -0.15) is 0 Å². The molecular formula is C13H16O. The minimum atomic E-state index is -0.0736. The Morgan fingerprint density at radius 2 is 1.93 bits per heavy atom. The van der Waals surface area contributed by atoms with Gasteiger partial charge < -0.3 is 4.74 Å². The summed E-state index contributed by atoms with van der Waals surface area (Å²) in [7, 11) is 0. The van der Waals surface area contributed by atoms with Crippen molar-refractivity contribution in [1.82, 2.24) is 0 Å². The first kappa shape index (κ1) is 9.47. The van der Waals surface area contributed by atoms with Gasteiger partial charge in [-0.3, -0.25) is 0 Å². The summed E-state index contributed by atoms with van der Waals surface area (Å²) in [6, 6.07) is 10.4. The highest BCUT2D eigenvalue weighted by atomic mass is 16.5. The topological polar surface area (TPSA) is 9.23 Å². The van der Waals surface area contributed by atoms with Crippen LogP contribution in [-0.4, -0.2) is 12.2 Å². The van der Waals surface area contributed by atoms with Crippen LogP contribution in [0.2, 0.25) is 0 Å². The van der Waals surface area contributed by atoms with Gasteiger partial charge in [0, 0.05) is 0 Å². The minimum absolute atomic E-state index is 0.0736. The molecular weight excluding hydrogens is 172 g/mol. The van der Waals surface area contributed by atoms with E-state index in [4.69, 9.17) is 4.74 Å². The van der Waals surface area contributed by atoms with E-state index in [1.165, 1.54) is 11.1 Å². The number of benzene rings is 1. The lowest BCUT2D eigenvalue weighted by Crippen LogP contribution is -2.19. The van der Waals surface area contributed by atoms with Crippen molar-refractivity contribution in [2.75, 3.05) is 6.61 Å². The second kappa shape index (κ2) is 3.58. The zero-order valence-corrected chi connectivity index (χ0v) is 8.79. The van der Waals surface area contributed by atoms with Crippen molar-refractivity contribution in [3.63, 3.8) is 0 Å². The van der Waals surface area contributed by atoms with Gasteiger partial charge in [0.05, 0.1) is 12.2 Å². The van der Waals surface area contributed by atoms with Crippen LogP contribution in [0, 0.1) is 0 Å². The van der Waals surface area contributed by atoms with Crippen molar-refractivity contribution in [3.05, 3.63) is 41.5 Å². The quantitative estimate of drug-likeness (QED) is 0.657. The van der Waals surface area contributed by atoms with Crippen molar-refractivity contribution in [2.24, 2.45) is 0 Å². The van der Waals surface area contributed by atoms with E-state index in [0.717, 1.165) is 13.0 Å². The van der Waals surface area contributed by atoms with Gasteiger partial charge in [-0.1, -0.05) is 36.4 Å². The lowest BCUT2D eigenvalue weighted by Gasteiger charge is -2.18. The van der Waals surface area contributed by atoms with Gasteiger partial charge >= 0.3 is 0 Å². The standard InChI is InChI=1S/C13H16O/c1-13(2)12(8-9-14-13)10-11-6-4-3-5-7-11/h3-7,10H,8-9H2,1-2H3/b12-10-. The third-order valence-electron chi connectivity index (χ3n) is 2.75. The number of hydrogen-bond donors (Lipinski definition) is 0. The van der Waals surface area contributed by atoms with Gasteiger partial charge in [-0.25, -0.2) is 0 Å². The maximum absolute atomic E-state index is 5.66. The molecule has 0 N–H and O–H groups in total. The number of ether oxygens (including phenoxy) is 1. The second-order valence-electron chi connectivity index (χ2n) is 4.19. The highest BCUT2D eigenvalue weighted by Gasteiger charge is 2.29. The molecule has 1 heterocycles. The largest absolute Gasteiger partial charge is 0.371 e. The Bertz CT molecular complexity index is 336. The Balaban J connectivity index is 2.27. The molecule has 1 saturated heterocycles. The molecule has 1 heteroatoms. The van der Waals surface area contributed by atoms with Crippen LogP contribution in [0.4, 0.5) is 0 Å². The van der Waals surface area contributed by atoms with Gasteiger partial charge in [0.1, 0.15) is 0 Å². The van der Waals surface area contributed by atoms with E-state index in [1.807, 2.05) is 6.07 Å². The van der Waals surface area contributed by atoms with E-state index in [9.17, 15) is 0 Å². The molecule has 1 fully saturated rings. The minimum Gasteiger partial charge on any atom is -0.371 e. The molecule has 0 unspecified atom stereocenters. The van der Waals surface area contributed by atoms with Gasteiger partial charge in [-0.05, 0) is 31.4 Å². The van der Waals surface area contributed by atoms with Crippen LogP contribution in [0.25, 0.3) is 6.08 Å². The Morgan fingerprint density at radius 3 is 2.50 bits per heavy atom. The molecule has 0 amide bonds. The van der Waals surface area contributed by atoms with E-state index in [2.05, 4.69) is 44.2 Å². The predicted octanol–water partition coefficient (Wildman–Crippen LogP) is 3.27. The molecule has 2 rings (SSSR count). The summed E-state index contributed by atoms with van der Waals surface area (Å²) >= 11 is 0. The van der Waals surface area contributed by atoms with Crippen LogP contribution < -0.4 is 0 Å². The summed E-state index contributed by atoms with van der Waals surface area (Å²) in [5, 5.41) is 0. The molecule has 1 aromatic carbocycles. The lowest BCUT2D eigenvalue weighted by molar-refractivity contribution is 0.0557. The highest BCUT2D eigenvalue weighted by Crippen LogP contribution is 2.31. The van der Waals surface area contributed by atoms with Crippen LogP contribution in [-0.2, 0) is 4.74 Å². The SMILES string of the molecule is CC1(C)OCC/C1=C/c1ccccc1. The molecule has 0 bridgehead atoms. The fourth-order valence-corrected chi connectivity index (χ4v) is 1.81. The molecule has 14 heavy (non-hydrogen) atoms. The van der Waals surface area contributed by atoms with Gasteiger partial charge in [0.2, 0.25) is 0 Å². The molecule has 1 aliphatic rings. The second-order valence-corrected chi connectivity index (χ2v) is 4.19. The maximum Gasteiger partial charge on any atom is 0.0839 e. The van der Waals surface area contributed by atoms with Crippen molar-refractivity contribution in [1.29, 1.82) is 0 Å². The predicted molar refractivity (Wildman–Crippen MR) is 59.1 cm³/mol. The van der Waals surface area contributed by atoms with Crippen molar-refractivity contribution >= 4 is 6.08 Å². The molecule has 0 saturated carbocycles. The summed E-state index contributed by atoms with van der Waals surface area (Å²) in [5.41, 5.74) is 2.58.